The van der Waals surface area contributed by atoms with Crippen molar-refractivity contribution in [2.75, 3.05) is 20.4 Å². The second kappa shape index (κ2) is 7.10. The monoisotopic (exact) mass is 365 g/mol. The Balaban J connectivity index is 2.20. The predicted octanol–water partition coefficient (Wildman–Crippen LogP) is 2.05. The Morgan fingerprint density at radius 2 is 1.92 bits per heavy atom. The third-order valence-electron chi connectivity index (χ3n) is 3.62. The van der Waals surface area contributed by atoms with E-state index in [0.29, 0.717) is 17.1 Å². The number of sulfone groups is 1. The number of aryl methyl sites for hydroxylation is 1. The first-order valence-electron chi connectivity index (χ1n) is 7.36. The van der Waals surface area contributed by atoms with Gasteiger partial charge in [-0.3, -0.25) is 4.79 Å². The average Bonchev–Trinajstić information content (AvgIpc) is 2.93. The Morgan fingerprint density at radius 1 is 1.24 bits per heavy atom. The lowest BCUT2D eigenvalue weighted by Gasteiger charge is -2.16. The molecule has 0 aliphatic heterocycles. The van der Waals surface area contributed by atoms with Crippen molar-refractivity contribution in [1.82, 2.24) is 4.90 Å². The van der Waals surface area contributed by atoms with Gasteiger partial charge in [0.25, 0.3) is 5.91 Å². The Kier molecular flexibility index (Phi) is 5.32. The number of benzene rings is 1. The number of methoxy groups -OCH3 is 1. The van der Waals surface area contributed by atoms with Crippen molar-refractivity contribution in [3.8, 4) is 0 Å². The summed E-state index contributed by atoms with van der Waals surface area (Å²) in [4.78, 5) is 25.6. The Hall–Kier alpha value is -2.61. The van der Waals surface area contributed by atoms with E-state index in [4.69, 9.17) is 4.42 Å². The fourth-order valence-electron chi connectivity index (χ4n) is 2.32. The molecule has 0 spiro atoms. The zero-order valence-corrected chi connectivity index (χ0v) is 15.2. The van der Waals surface area contributed by atoms with E-state index >= 15 is 0 Å². The molecule has 134 valence electrons. The molecule has 0 radical (unpaired) electrons. The van der Waals surface area contributed by atoms with E-state index in [2.05, 4.69) is 4.74 Å². The number of amides is 1. The molecule has 0 aliphatic carbocycles. The van der Waals surface area contributed by atoms with Gasteiger partial charge in [-0.05, 0) is 31.2 Å². The number of ether oxygens (including phenoxy) is 1. The van der Waals surface area contributed by atoms with Crippen LogP contribution in [0.15, 0.2) is 39.6 Å². The highest BCUT2D eigenvalue weighted by molar-refractivity contribution is 7.90. The normalized spacial score (nSPS) is 11.2. The topological polar surface area (TPSA) is 93.9 Å². The first-order chi connectivity index (χ1) is 11.6. The van der Waals surface area contributed by atoms with Crippen molar-refractivity contribution >= 4 is 21.7 Å². The summed E-state index contributed by atoms with van der Waals surface area (Å²) in [5.41, 5.74) is 0.555. The highest BCUT2D eigenvalue weighted by Crippen LogP contribution is 2.18. The SMILES string of the molecule is COC(=O)c1cc(CN(C)C(=O)c2cccc(S(C)(=O)=O)c2)oc1C. The standard InChI is InChI=1S/C17H19NO6S/c1-11-15(17(20)23-3)9-13(24-11)10-18(2)16(19)12-6-5-7-14(8-12)25(4,21)22/h5-9H,10H2,1-4H3. The molecule has 0 saturated heterocycles. The molecule has 0 fully saturated rings. The van der Waals surface area contributed by atoms with Gasteiger partial charge in [-0.25, -0.2) is 13.2 Å². The Labute approximate surface area is 146 Å². The van der Waals surface area contributed by atoms with Gasteiger partial charge in [-0.15, -0.1) is 0 Å². The molecule has 1 amide bonds. The van der Waals surface area contributed by atoms with E-state index in [1.165, 1.54) is 36.3 Å². The summed E-state index contributed by atoms with van der Waals surface area (Å²) in [5, 5.41) is 0. The van der Waals surface area contributed by atoms with E-state index < -0.39 is 15.8 Å². The highest BCUT2D eigenvalue weighted by Gasteiger charge is 2.19. The second-order valence-corrected chi connectivity index (χ2v) is 7.65. The van der Waals surface area contributed by atoms with Crippen LogP contribution < -0.4 is 0 Å². The molecule has 0 bridgehead atoms. The molecule has 1 heterocycles. The number of hydrogen-bond donors (Lipinski definition) is 0. The first-order valence-corrected chi connectivity index (χ1v) is 9.26. The van der Waals surface area contributed by atoms with Crippen LogP contribution in [-0.4, -0.2) is 45.6 Å². The first kappa shape index (κ1) is 18.7. The Bertz CT molecular complexity index is 913. The minimum Gasteiger partial charge on any atom is -0.465 e. The molecule has 8 heteroatoms. The van der Waals surface area contributed by atoms with Crippen LogP contribution in [0, 0.1) is 6.92 Å². The second-order valence-electron chi connectivity index (χ2n) is 5.64. The molecule has 1 aromatic carbocycles. The van der Waals surface area contributed by atoms with Crippen LogP contribution in [0.3, 0.4) is 0 Å². The summed E-state index contributed by atoms with van der Waals surface area (Å²) in [6, 6.07) is 7.36. The summed E-state index contributed by atoms with van der Waals surface area (Å²) in [7, 11) is -0.562. The summed E-state index contributed by atoms with van der Waals surface area (Å²) in [6.45, 7) is 1.76. The van der Waals surface area contributed by atoms with Crippen molar-refractivity contribution in [2.45, 2.75) is 18.4 Å². The van der Waals surface area contributed by atoms with E-state index in [-0.39, 0.29) is 22.9 Å². The number of nitrogens with zero attached hydrogens (tertiary/aromatic N) is 1. The van der Waals surface area contributed by atoms with Gasteiger partial charge in [0.1, 0.15) is 17.1 Å². The van der Waals surface area contributed by atoms with E-state index in [9.17, 15) is 18.0 Å². The van der Waals surface area contributed by atoms with Gasteiger partial charge in [-0.2, -0.15) is 0 Å². The van der Waals surface area contributed by atoms with E-state index in [1.807, 2.05) is 0 Å². The molecular formula is C17H19NO6S. The molecular weight excluding hydrogens is 346 g/mol. The Morgan fingerprint density at radius 3 is 2.52 bits per heavy atom. The number of furan rings is 1. The predicted molar refractivity (Wildman–Crippen MR) is 90.1 cm³/mol. The number of esters is 1. The molecule has 1 aromatic heterocycles. The van der Waals surface area contributed by atoms with E-state index in [1.54, 1.807) is 20.0 Å². The van der Waals surface area contributed by atoms with Crippen LogP contribution in [0.5, 0.6) is 0 Å². The van der Waals surface area contributed by atoms with Crippen LogP contribution in [0.4, 0.5) is 0 Å². The van der Waals surface area contributed by atoms with Crippen LogP contribution in [0.25, 0.3) is 0 Å². The molecule has 2 rings (SSSR count). The van der Waals surface area contributed by atoms with Gasteiger partial charge >= 0.3 is 5.97 Å². The van der Waals surface area contributed by atoms with Crippen LogP contribution in [0.2, 0.25) is 0 Å². The van der Waals surface area contributed by atoms with Crippen LogP contribution in [-0.2, 0) is 21.1 Å². The molecule has 0 N–H and O–H groups in total. The molecule has 7 nitrogen and oxygen atoms in total. The molecule has 0 unspecified atom stereocenters. The fourth-order valence-corrected chi connectivity index (χ4v) is 2.99. The van der Waals surface area contributed by atoms with Crippen molar-refractivity contribution in [3.05, 3.63) is 53.0 Å². The minimum atomic E-state index is -3.40. The summed E-state index contributed by atoms with van der Waals surface area (Å²) in [6.07, 6.45) is 1.08. The minimum absolute atomic E-state index is 0.0774. The third-order valence-corrected chi connectivity index (χ3v) is 4.73. The molecule has 25 heavy (non-hydrogen) atoms. The van der Waals surface area contributed by atoms with Gasteiger partial charge in [0.05, 0.1) is 18.6 Å². The fraction of sp³-hybridized carbons (Fsp3) is 0.294. The third kappa shape index (κ3) is 4.27. The van der Waals surface area contributed by atoms with Crippen LogP contribution in [0.1, 0.15) is 32.2 Å². The lowest BCUT2D eigenvalue weighted by molar-refractivity contribution is 0.0598. The van der Waals surface area contributed by atoms with Gasteiger partial charge in [-0.1, -0.05) is 6.07 Å². The lowest BCUT2D eigenvalue weighted by atomic mass is 10.2. The van der Waals surface area contributed by atoms with Crippen LogP contribution >= 0.6 is 0 Å². The van der Waals surface area contributed by atoms with Crippen molar-refractivity contribution in [2.24, 2.45) is 0 Å². The molecule has 0 saturated carbocycles. The summed E-state index contributed by atoms with van der Waals surface area (Å²) >= 11 is 0. The van der Waals surface area contributed by atoms with Crippen molar-refractivity contribution in [1.29, 1.82) is 0 Å². The molecule has 0 aliphatic rings. The number of rotatable bonds is 5. The number of carbonyl (C=O) groups excluding carboxylic acids is 2. The molecule has 0 atom stereocenters. The van der Waals surface area contributed by atoms with Gasteiger partial charge in [0.2, 0.25) is 0 Å². The highest BCUT2D eigenvalue weighted by atomic mass is 32.2. The lowest BCUT2D eigenvalue weighted by Crippen LogP contribution is -2.26. The molecule has 2 aromatic rings. The van der Waals surface area contributed by atoms with Gasteiger partial charge in [0.15, 0.2) is 9.84 Å². The van der Waals surface area contributed by atoms with Gasteiger partial charge in [0, 0.05) is 18.9 Å². The summed E-state index contributed by atoms with van der Waals surface area (Å²) < 4.78 is 33.4. The van der Waals surface area contributed by atoms with Crippen molar-refractivity contribution < 1.29 is 27.2 Å². The largest absolute Gasteiger partial charge is 0.465 e. The zero-order valence-electron chi connectivity index (χ0n) is 14.4. The van der Waals surface area contributed by atoms with E-state index in [0.717, 1.165) is 6.26 Å². The maximum Gasteiger partial charge on any atom is 0.341 e. The van der Waals surface area contributed by atoms with Crippen molar-refractivity contribution in [3.63, 3.8) is 0 Å². The number of carbonyl (C=O) groups is 2. The summed E-state index contributed by atoms with van der Waals surface area (Å²) in [5.74, 6) is -0.0451. The maximum absolute atomic E-state index is 12.5. The quantitative estimate of drug-likeness (QED) is 0.753. The average molecular weight is 365 g/mol. The number of hydrogen-bond acceptors (Lipinski definition) is 6. The smallest absolute Gasteiger partial charge is 0.341 e. The zero-order chi connectivity index (χ0) is 18.8. The maximum atomic E-state index is 12.5. The van der Waals surface area contributed by atoms with Gasteiger partial charge < -0.3 is 14.1 Å².